The van der Waals surface area contributed by atoms with E-state index in [1.165, 1.54) is 18.2 Å². The summed E-state index contributed by atoms with van der Waals surface area (Å²) in [5.41, 5.74) is 0.716. The lowest BCUT2D eigenvalue weighted by Crippen LogP contribution is -2.42. The molecule has 26 heavy (non-hydrogen) atoms. The van der Waals surface area contributed by atoms with Gasteiger partial charge in [0.05, 0.1) is 5.02 Å². The number of rotatable bonds is 5. The summed E-state index contributed by atoms with van der Waals surface area (Å²) in [6.07, 6.45) is 1.28. The Balaban J connectivity index is 1.49. The van der Waals surface area contributed by atoms with Crippen LogP contribution in [0.5, 0.6) is 5.75 Å². The third-order valence-electron chi connectivity index (χ3n) is 4.53. The molecule has 4 nitrogen and oxygen atoms in total. The molecule has 3 rings (SSSR count). The zero-order chi connectivity index (χ0) is 18.5. The Morgan fingerprint density at radius 1 is 1.12 bits per heavy atom. The summed E-state index contributed by atoms with van der Waals surface area (Å²) in [7, 11) is 0. The molecule has 1 amide bonds. The van der Waals surface area contributed by atoms with Crippen molar-refractivity contribution in [2.75, 3.05) is 19.7 Å². The molecule has 0 bridgehead atoms. The zero-order valence-corrected chi connectivity index (χ0v) is 14.9. The molecule has 0 spiro atoms. The minimum absolute atomic E-state index is 0.0461. The molecule has 0 unspecified atom stereocenters. The number of piperidine rings is 1. The molecule has 6 heteroatoms. The Labute approximate surface area is 156 Å². The number of ether oxygens (including phenoxy) is 1. The summed E-state index contributed by atoms with van der Waals surface area (Å²) in [5.74, 6) is -0.265. The van der Waals surface area contributed by atoms with Crippen LogP contribution >= 0.6 is 11.6 Å². The van der Waals surface area contributed by atoms with Gasteiger partial charge in [0.15, 0.2) is 12.4 Å². The highest BCUT2D eigenvalue weighted by Crippen LogP contribution is 2.23. The van der Waals surface area contributed by atoms with E-state index in [1.807, 2.05) is 30.3 Å². The average Bonchev–Trinajstić information content (AvgIpc) is 2.69. The molecule has 0 aliphatic carbocycles. The number of likely N-dealkylation sites (tertiary alicyclic amines) is 1. The van der Waals surface area contributed by atoms with Gasteiger partial charge in [-0.15, -0.1) is 0 Å². The van der Waals surface area contributed by atoms with Crippen LogP contribution in [0.15, 0.2) is 48.5 Å². The van der Waals surface area contributed by atoms with Crippen LogP contribution in [0.2, 0.25) is 5.02 Å². The summed E-state index contributed by atoms with van der Waals surface area (Å²) in [6.45, 7) is 0.907. The smallest absolute Gasteiger partial charge is 0.260 e. The monoisotopic (exact) mass is 375 g/mol. The van der Waals surface area contributed by atoms with Crippen LogP contribution < -0.4 is 4.74 Å². The number of ketones is 1. The number of carbonyl (C=O) groups is 2. The molecular weight excluding hydrogens is 357 g/mol. The quantitative estimate of drug-likeness (QED) is 0.742. The van der Waals surface area contributed by atoms with E-state index >= 15 is 0 Å². The first-order valence-corrected chi connectivity index (χ1v) is 8.87. The van der Waals surface area contributed by atoms with E-state index < -0.39 is 5.82 Å². The van der Waals surface area contributed by atoms with Crippen LogP contribution in [0.3, 0.4) is 0 Å². The van der Waals surface area contributed by atoms with Crippen LogP contribution in [0.25, 0.3) is 0 Å². The topological polar surface area (TPSA) is 46.6 Å². The lowest BCUT2D eigenvalue weighted by atomic mass is 9.89. The summed E-state index contributed by atoms with van der Waals surface area (Å²) in [5, 5.41) is -0.0461. The van der Waals surface area contributed by atoms with Crippen LogP contribution in [0.1, 0.15) is 23.2 Å². The Kier molecular flexibility index (Phi) is 5.89. The Morgan fingerprint density at radius 2 is 1.81 bits per heavy atom. The molecule has 136 valence electrons. The normalized spacial score (nSPS) is 14.9. The van der Waals surface area contributed by atoms with Gasteiger partial charge in [-0.25, -0.2) is 4.39 Å². The van der Waals surface area contributed by atoms with Crippen molar-refractivity contribution in [3.63, 3.8) is 0 Å². The molecule has 0 atom stereocenters. The summed E-state index contributed by atoms with van der Waals surface area (Å²) < 4.78 is 18.5. The fourth-order valence-corrected chi connectivity index (χ4v) is 3.20. The fourth-order valence-electron chi connectivity index (χ4n) is 3.03. The molecule has 0 saturated carbocycles. The van der Waals surface area contributed by atoms with Gasteiger partial charge in [-0.05, 0) is 25.0 Å². The lowest BCUT2D eigenvalue weighted by molar-refractivity contribution is -0.134. The largest absolute Gasteiger partial charge is 0.484 e. The molecule has 2 aromatic carbocycles. The van der Waals surface area contributed by atoms with Crippen molar-refractivity contribution >= 4 is 23.3 Å². The van der Waals surface area contributed by atoms with Crippen molar-refractivity contribution in [3.05, 3.63) is 64.9 Å². The van der Waals surface area contributed by atoms with Crippen LogP contribution in [0.4, 0.5) is 4.39 Å². The Bertz CT molecular complexity index is 789. The third kappa shape index (κ3) is 4.41. The van der Waals surface area contributed by atoms with Gasteiger partial charge >= 0.3 is 0 Å². The number of nitrogens with zero attached hydrogens (tertiary/aromatic N) is 1. The van der Waals surface area contributed by atoms with Gasteiger partial charge < -0.3 is 9.64 Å². The van der Waals surface area contributed by atoms with E-state index in [1.54, 1.807) is 4.90 Å². The predicted octanol–water partition coefficient (Wildman–Crippen LogP) is 3.98. The SMILES string of the molecule is O=C(c1ccccc1)C1CCN(C(=O)COc2ccc(F)c(Cl)c2)CC1. The number of hydrogen-bond acceptors (Lipinski definition) is 3. The first-order valence-electron chi connectivity index (χ1n) is 8.49. The molecule has 1 saturated heterocycles. The van der Waals surface area contributed by atoms with Gasteiger partial charge in [-0.3, -0.25) is 9.59 Å². The number of halogens is 2. The number of Topliss-reactive ketones (excluding diaryl/α,β-unsaturated/α-hetero) is 1. The van der Waals surface area contributed by atoms with E-state index in [9.17, 15) is 14.0 Å². The van der Waals surface area contributed by atoms with Crippen LogP contribution in [-0.2, 0) is 4.79 Å². The number of carbonyl (C=O) groups excluding carboxylic acids is 2. The Hall–Kier alpha value is -2.40. The van der Waals surface area contributed by atoms with Crippen molar-refractivity contribution in [2.45, 2.75) is 12.8 Å². The molecule has 1 heterocycles. The van der Waals surface area contributed by atoms with Gasteiger partial charge in [0.2, 0.25) is 0 Å². The van der Waals surface area contributed by atoms with Crippen molar-refractivity contribution in [3.8, 4) is 5.75 Å². The second-order valence-corrected chi connectivity index (χ2v) is 6.66. The molecule has 1 aliphatic heterocycles. The molecule has 0 aromatic heterocycles. The van der Waals surface area contributed by atoms with Crippen molar-refractivity contribution < 1.29 is 18.7 Å². The minimum Gasteiger partial charge on any atom is -0.484 e. The molecule has 0 N–H and O–H groups in total. The number of benzene rings is 2. The van der Waals surface area contributed by atoms with Crippen LogP contribution in [0, 0.1) is 11.7 Å². The van der Waals surface area contributed by atoms with E-state index in [4.69, 9.17) is 16.3 Å². The second-order valence-electron chi connectivity index (χ2n) is 6.25. The maximum atomic E-state index is 13.1. The van der Waals surface area contributed by atoms with E-state index in [0.717, 1.165) is 0 Å². The highest BCUT2D eigenvalue weighted by Gasteiger charge is 2.28. The molecule has 1 aliphatic rings. The lowest BCUT2D eigenvalue weighted by Gasteiger charge is -2.31. The molecular formula is C20H19ClFNO3. The Morgan fingerprint density at radius 3 is 2.46 bits per heavy atom. The summed E-state index contributed by atoms with van der Waals surface area (Å²) >= 11 is 5.69. The maximum Gasteiger partial charge on any atom is 0.260 e. The second kappa shape index (κ2) is 8.32. The zero-order valence-electron chi connectivity index (χ0n) is 14.2. The number of amides is 1. The molecule has 0 radical (unpaired) electrons. The van der Waals surface area contributed by atoms with Gasteiger partial charge in [0, 0.05) is 30.6 Å². The standard InChI is InChI=1S/C20H19ClFNO3/c21-17-12-16(6-7-18(17)22)26-13-19(24)23-10-8-15(9-11-23)20(25)14-4-2-1-3-5-14/h1-7,12,15H,8-11,13H2. The third-order valence-corrected chi connectivity index (χ3v) is 4.82. The molecule has 1 fully saturated rings. The fraction of sp³-hybridized carbons (Fsp3) is 0.300. The van der Waals surface area contributed by atoms with Crippen molar-refractivity contribution in [2.24, 2.45) is 5.92 Å². The summed E-state index contributed by atoms with van der Waals surface area (Å²) in [6, 6.07) is 13.2. The predicted molar refractivity (Wildman–Crippen MR) is 97.0 cm³/mol. The van der Waals surface area contributed by atoms with Gasteiger partial charge in [-0.2, -0.15) is 0 Å². The van der Waals surface area contributed by atoms with E-state index in [-0.39, 0.29) is 29.2 Å². The first kappa shape index (κ1) is 18.4. The van der Waals surface area contributed by atoms with Crippen molar-refractivity contribution in [1.82, 2.24) is 4.90 Å². The van der Waals surface area contributed by atoms with Gasteiger partial charge in [-0.1, -0.05) is 41.9 Å². The van der Waals surface area contributed by atoms with Crippen molar-refractivity contribution in [1.29, 1.82) is 0 Å². The molecule has 2 aromatic rings. The summed E-state index contributed by atoms with van der Waals surface area (Å²) in [4.78, 5) is 26.4. The highest BCUT2D eigenvalue weighted by molar-refractivity contribution is 6.30. The maximum absolute atomic E-state index is 13.1. The minimum atomic E-state index is -0.532. The van der Waals surface area contributed by atoms with E-state index in [0.29, 0.717) is 37.2 Å². The van der Waals surface area contributed by atoms with Crippen LogP contribution in [-0.4, -0.2) is 36.3 Å². The van der Waals surface area contributed by atoms with E-state index in [2.05, 4.69) is 0 Å². The van der Waals surface area contributed by atoms with Gasteiger partial charge in [0.25, 0.3) is 5.91 Å². The first-order chi connectivity index (χ1) is 12.5. The average molecular weight is 376 g/mol. The van der Waals surface area contributed by atoms with Gasteiger partial charge in [0.1, 0.15) is 11.6 Å². The highest BCUT2D eigenvalue weighted by atomic mass is 35.5. The number of hydrogen-bond donors (Lipinski definition) is 0.